The van der Waals surface area contributed by atoms with Crippen LogP contribution in [0, 0.1) is 0 Å². The van der Waals surface area contributed by atoms with Gasteiger partial charge in [0, 0.05) is 12.6 Å². The van der Waals surface area contributed by atoms with Crippen LogP contribution in [0.1, 0.15) is 40.0 Å². The van der Waals surface area contributed by atoms with Crippen LogP contribution in [0.4, 0.5) is 13.2 Å². The van der Waals surface area contributed by atoms with Crippen LogP contribution < -0.4 is 5.32 Å². The molecule has 124 valence electrons. The van der Waals surface area contributed by atoms with E-state index in [4.69, 9.17) is 4.74 Å². The first-order chi connectivity index (χ1) is 9.72. The zero-order valence-electron chi connectivity index (χ0n) is 12.9. The Bertz CT molecular complexity index is 346. The summed E-state index contributed by atoms with van der Waals surface area (Å²) in [7, 11) is 0. The molecule has 1 saturated carbocycles. The number of rotatable bonds is 9. The molecule has 0 amide bonds. The Labute approximate surface area is 124 Å². The first kappa shape index (κ1) is 18.2. The second kappa shape index (κ2) is 7.45. The van der Waals surface area contributed by atoms with Gasteiger partial charge in [0.25, 0.3) is 0 Å². The van der Waals surface area contributed by atoms with Gasteiger partial charge >= 0.3 is 12.1 Å². The summed E-state index contributed by atoms with van der Waals surface area (Å²) in [5.74, 6) is -0.408. The fraction of sp³-hybridized carbons (Fsp3) is 0.929. The second-order valence-corrected chi connectivity index (χ2v) is 5.65. The van der Waals surface area contributed by atoms with Crippen molar-refractivity contribution < 1.29 is 22.7 Å². The van der Waals surface area contributed by atoms with E-state index in [1.807, 2.05) is 6.92 Å². The SMILES string of the molecule is CCNC(C)(CCN(CC(F)(F)F)C1CC1)C(=O)OCC. The van der Waals surface area contributed by atoms with Crippen LogP contribution in [0.25, 0.3) is 0 Å². The molecule has 4 nitrogen and oxygen atoms in total. The molecule has 1 fully saturated rings. The number of likely N-dealkylation sites (N-methyl/N-ethyl adjacent to an activating group) is 1. The number of alkyl halides is 3. The number of carbonyl (C=O) groups excluding carboxylic acids is 1. The second-order valence-electron chi connectivity index (χ2n) is 5.65. The lowest BCUT2D eigenvalue weighted by Gasteiger charge is -2.31. The molecule has 0 aromatic rings. The number of nitrogens with one attached hydrogen (secondary N) is 1. The van der Waals surface area contributed by atoms with Gasteiger partial charge in [0.2, 0.25) is 0 Å². The topological polar surface area (TPSA) is 41.6 Å². The third-order valence-corrected chi connectivity index (χ3v) is 3.64. The molecule has 0 heterocycles. The van der Waals surface area contributed by atoms with Crippen LogP contribution in [0.3, 0.4) is 0 Å². The molecule has 1 aliphatic carbocycles. The van der Waals surface area contributed by atoms with Gasteiger partial charge in [-0.05, 0) is 39.7 Å². The molecule has 1 rings (SSSR count). The van der Waals surface area contributed by atoms with Crippen molar-refractivity contribution in [1.82, 2.24) is 10.2 Å². The molecule has 21 heavy (non-hydrogen) atoms. The average Bonchev–Trinajstić information content (AvgIpc) is 3.18. The van der Waals surface area contributed by atoms with Crippen molar-refractivity contribution in [2.24, 2.45) is 0 Å². The molecular formula is C14H25F3N2O2. The van der Waals surface area contributed by atoms with Crippen LogP contribution in [0.2, 0.25) is 0 Å². The lowest BCUT2D eigenvalue weighted by atomic mass is 9.97. The first-order valence-corrected chi connectivity index (χ1v) is 7.45. The number of hydrogen-bond acceptors (Lipinski definition) is 4. The molecule has 7 heteroatoms. The summed E-state index contributed by atoms with van der Waals surface area (Å²) in [5, 5.41) is 3.04. The van der Waals surface area contributed by atoms with Crippen LogP contribution >= 0.6 is 0 Å². The molecule has 0 bridgehead atoms. The highest BCUT2D eigenvalue weighted by molar-refractivity contribution is 5.80. The molecule has 1 aliphatic rings. The summed E-state index contributed by atoms with van der Waals surface area (Å²) in [4.78, 5) is 13.4. The Hall–Kier alpha value is -0.820. The van der Waals surface area contributed by atoms with E-state index in [2.05, 4.69) is 5.32 Å². The molecule has 1 unspecified atom stereocenters. The Balaban J connectivity index is 2.63. The van der Waals surface area contributed by atoms with Crippen molar-refractivity contribution in [2.45, 2.75) is 57.8 Å². The fourth-order valence-corrected chi connectivity index (χ4v) is 2.37. The van der Waals surface area contributed by atoms with E-state index in [1.54, 1.807) is 13.8 Å². The molecule has 0 radical (unpaired) electrons. The highest BCUT2D eigenvalue weighted by atomic mass is 19.4. The van der Waals surface area contributed by atoms with Crippen LogP contribution in [-0.2, 0) is 9.53 Å². The third kappa shape index (κ3) is 6.22. The largest absolute Gasteiger partial charge is 0.465 e. The van der Waals surface area contributed by atoms with Crippen molar-refractivity contribution in [3.05, 3.63) is 0 Å². The number of carbonyl (C=O) groups is 1. The minimum atomic E-state index is -4.21. The van der Waals surface area contributed by atoms with E-state index < -0.39 is 24.2 Å². The van der Waals surface area contributed by atoms with Gasteiger partial charge in [-0.3, -0.25) is 9.69 Å². The molecule has 0 aliphatic heterocycles. The fourth-order valence-electron chi connectivity index (χ4n) is 2.37. The Morgan fingerprint density at radius 1 is 1.33 bits per heavy atom. The van der Waals surface area contributed by atoms with Gasteiger partial charge in [-0.15, -0.1) is 0 Å². The standard InChI is InChI=1S/C14H25F3N2O2/c1-4-18-13(3,12(20)21-5-2)8-9-19(11-6-7-11)10-14(15,16)17/h11,18H,4-10H2,1-3H3. The van der Waals surface area contributed by atoms with E-state index in [1.165, 1.54) is 4.90 Å². The summed E-state index contributed by atoms with van der Waals surface area (Å²) in [6.45, 7) is 5.38. The number of halogens is 3. The van der Waals surface area contributed by atoms with Crippen molar-refractivity contribution >= 4 is 5.97 Å². The minimum absolute atomic E-state index is 0.000280. The monoisotopic (exact) mass is 310 g/mol. The van der Waals surface area contributed by atoms with Crippen molar-refractivity contribution in [1.29, 1.82) is 0 Å². The Kier molecular flexibility index (Phi) is 6.46. The van der Waals surface area contributed by atoms with Gasteiger partial charge in [-0.25, -0.2) is 0 Å². The minimum Gasteiger partial charge on any atom is -0.465 e. The number of hydrogen-bond donors (Lipinski definition) is 1. The molecule has 0 aromatic carbocycles. The van der Waals surface area contributed by atoms with E-state index in [9.17, 15) is 18.0 Å². The molecule has 1 N–H and O–H groups in total. The van der Waals surface area contributed by atoms with Crippen LogP contribution in [0.15, 0.2) is 0 Å². The van der Waals surface area contributed by atoms with Crippen LogP contribution in [0.5, 0.6) is 0 Å². The lowest BCUT2D eigenvalue weighted by molar-refractivity contribution is -0.153. The van der Waals surface area contributed by atoms with Gasteiger partial charge in [0.05, 0.1) is 13.2 Å². The highest BCUT2D eigenvalue weighted by Gasteiger charge is 2.40. The molecule has 0 saturated heterocycles. The number of ether oxygens (including phenoxy) is 1. The lowest BCUT2D eigenvalue weighted by Crippen LogP contribution is -2.52. The maximum absolute atomic E-state index is 12.6. The van der Waals surface area contributed by atoms with Crippen molar-refractivity contribution in [2.75, 3.05) is 26.2 Å². The third-order valence-electron chi connectivity index (χ3n) is 3.64. The van der Waals surface area contributed by atoms with Crippen molar-refractivity contribution in [3.63, 3.8) is 0 Å². The van der Waals surface area contributed by atoms with Gasteiger partial charge < -0.3 is 10.1 Å². The maximum atomic E-state index is 12.6. The quantitative estimate of drug-likeness (QED) is 0.664. The number of nitrogens with zero attached hydrogens (tertiary/aromatic N) is 1. The smallest absolute Gasteiger partial charge is 0.401 e. The van der Waals surface area contributed by atoms with E-state index >= 15 is 0 Å². The zero-order valence-corrected chi connectivity index (χ0v) is 12.9. The summed E-state index contributed by atoms with van der Waals surface area (Å²) in [6.07, 6.45) is -2.31. The Morgan fingerprint density at radius 3 is 2.38 bits per heavy atom. The van der Waals surface area contributed by atoms with Gasteiger partial charge in [0.15, 0.2) is 0 Å². The molecule has 1 atom stereocenters. The van der Waals surface area contributed by atoms with Crippen LogP contribution in [-0.4, -0.2) is 54.9 Å². The average molecular weight is 310 g/mol. The zero-order chi connectivity index (χ0) is 16.1. The summed E-state index contributed by atoms with van der Waals surface area (Å²) >= 11 is 0. The molecule has 0 aromatic heterocycles. The maximum Gasteiger partial charge on any atom is 0.401 e. The summed E-state index contributed by atoms with van der Waals surface area (Å²) < 4.78 is 42.8. The number of esters is 1. The van der Waals surface area contributed by atoms with E-state index in [0.29, 0.717) is 13.0 Å². The van der Waals surface area contributed by atoms with Gasteiger partial charge in [0.1, 0.15) is 5.54 Å². The first-order valence-electron chi connectivity index (χ1n) is 7.45. The van der Waals surface area contributed by atoms with Crippen molar-refractivity contribution in [3.8, 4) is 0 Å². The van der Waals surface area contributed by atoms with Gasteiger partial charge in [-0.1, -0.05) is 6.92 Å². The van der Waals surface area contributed by atoms with E-state index in [-0.39, 0.29) is 19.2 Å². The highest BCUT2D eigenvalue weighted by Crippen LogP contribution is 2.31. The predicted octanol–water partition coefficient (Wildman–Crippen LogP) is 2.33. The predicted molar refractivity (Wildman–Crippen MR) is 74.0 cm³/mol. The summed E-state index contributed by atoms with van der Waals surface area (Å²) in [6, 6.07) is -0.000280. The van der Waals surface area contributed by atoms with E-state index in [0.717, 1.165) is 12.8 Å². The normalized spacial score (nSPS) is 18.6. The Morgan fingerprint density at radius 2 is 1.95 bits per heavy atom. The summed E-state index contributed by atoms with van der Waals surface area (Å²) in [5.41, 5.74) is -0.941. The molecular weight excluding hydrogens is 285 g/mol. The molecule has 0 spiro atoms. The van der Waals surface area contributed by atoms with Gasteiger partial charge in [-0.2, -0.15) is 13.2 Å².